The molecule has 5 heteroatoms. The molecule has 1 aromatic rings. The summed E-state index contributed by atoms with van der Waals surface area (Å²) in [6.45, 7) is 0. The Hall–Kier alpha value is -1.83. The summed E-state index contributed by atoms with van der Waals surface area (Å²) in [5, 5.41) is 18.0. The quantitative estimate of drug-likeness (QED) is 0.748. The minimum Gasteiger partial charge on any atom is -0.347 e. The van der Waals surface area contributed by atoms with Crippen molar-refractivity contribution in [3.8, 4) is 6.07 Å². The van der Waals surface area contributed by atoms with Crippen LogP contribution in [-0.4, -0.2) is 22.1 Å². The smallest absolute Gasteiger partial charge is 0.269 e. The molecule has 0 saturated heterocycles. The summed E-state index contributed by atoms with van der Waals surface area (Å²) in [5.74, 6) is -0.225. The second-order valence-electron chi connectivity index (χ2n) is 3.72. The Bertz CT molecular complexity index is 379. The van der Waals surface area contributed by atoms with Crippen LogP contribution in [0, 0.1) is 17.2 Å². The summed E-state index contributed by atoms with van der Waals surface area (Å²) in [6, 6.07) is 3.83. The minimum atomic E-state index is -0.181. The zero-order valence-electron chi connectivity index (χ0n) is 8.23. The number of nitrogens with zero attached hydrogens (tertiary/aromatic N) is 2. The number of hydrogen-bond donors (Lipinski definition) is 2. The Balaban J connectivity index is 1.98. The maximum absolute atomic E-state index is 11.6. The first-order valence-electron chi connectivity index (χ1n) is 5.01. The number of H-pyrrole nitrogens is 1. The van der Waals surface area contributed by atoms with Gasteiger partial charge in [0.1, 0.15) is 5.69 Å². The van der Waals surface area contributed by atoms with E-state index in [2.05, 4.69) is 21.6 Å². The molecule has 2 atom stereocenters. The van der Waals surface area contributed by atoms with E-state index in [1.54, 1.807) is 6.07 Å². The van der Waals surface area contributed by atoms with Crippen molar-refractivity contribution in [3.63, 3.8) is 0 Å². The van der Waals surface area contributed by atoms with Gasteiger partial charge in [-0.1, -0.05) is 0 Å². The summed E-state index contributed by atoms with van der Waals surface area (Å²) < 4.78 is 0. The lowest BCUT2D eigenvalue weighted by atomic mass is 10.1. The van der Waals surface area contributed by atoms with Gasteiger partial charge in [0.05, 0.1) is 12.0 Å². The SMILES string of the molecule is N#CC1CCCC1NC(=O)c1ccn[nH]1. The van der Waals surface area contributed by atoms with Crippen LogP contribution >= 0.6 is 0 Å². The molecule has 1 saturated carbocycles. The molecule has 1 amide bonds. The van der Waals surface area contributed by atoms with E-state index in [0.29, 0.717) is 5.69 Å². The van der Waals surface area contributed by atoms with Crippen molar-refractivity contribution in [1.82, 2.24) is 15.5 Å². The zero-order valence-corrected chi connectivity index (χ0v) is 8.23. The molecule has 1 aliphatic rings. The first-order valence-corrected chi connectivity index (χ1v) is 5.01. The summed E-state index contributed by atoms with van der Waals surface area (Å²) in [5.41, 5.74) is 0.443. The van der Waals surface area contributed by atoms with E-state index < -0.39 is 0 Å². The minimum absolute atomic E-state index is 0.00852. The molecule has 0 aromatic carbocycles. The number of hydrogen-bond acceptors (Lipinski definition) is 3. The van der Waals surface area contributed by atoms with Crippen molar-refractivity contribution in [2.24, 2.45) is 5.92 Å². The first kappa shape index (κ1) is 9.71. The van der Waals surface area contributed by atoms with Crippen LogP contribution in [0.15, 0.2) is 12.3 Å². The topological polar surface area (TPSA) is 81.6 Å². The van der Waals surface area contributed by atoms with Gasteiger partial charge in [-0.3, -0.25) is 9.89 Å². The largest absolute Gasteiger partial charge is 0.347 e. The molecule has 1 fully saturated rings. The van der Waals surface area contributed by atoms with Gasteiger partial charge in [-0.05, 0) is 25.3 Å². The van der Waals surface area contributed by atoms with E-state index in [0.717, 1.165) is 19.3 Å². The molecular weight excluding hydrogens is 192 g/mol. The Morgan fingerprint density at radius 3 is 3.20 bits per heavy atom. The molecule has 2 rings (SSSR count). The van der Waals surface area contributed by atoms with Crippen LogP contribution in [-0.2, 0) is 0 Å². The third-order valence-corrected chi connectivity index (χ3v) is 2.74. The highest BCUT2D eigenvalue weighted by Crippen LogP contribution is 2.24. The number of rotatable bonds is 2. The molecule has 15 heavy (non-hydrogen) atoms. The predicted molar refractivity (Wildman–Crippen MR) is 52.8 cm³/mol. The van der Waals surface area contributed by atoms with Gasteiger partial charge in [-0.2, -0.15) is 10.4 Å². The normalized spacial score (nSPS) is 24.7. The molecule has 1 aromatic heterocycles. The molecule has 78 valence electrons. The molecule has 0 bridgehead atoms. The Kier molecular flexibility index (Phi) is 2.68. The number of aromatic nitrogens is 2. The van der Waals surface area contributed by atoms with E-state index >= 15 is 0 Å². The van der Waals surface area contributed by atoms with Crippen molar-refractivity contribution in [2.75, 3.05) is 0 Å². The summed E-state index contributed by atoms with van der Waals surface area (Å²) in [6.07, 6.45) is 4.31. The van der Waals surface area contributed by atoms with Crippen molar-refractivity contribution in [2.45, 2.75) is 25.3 Å². The number of aromatic amines is 1. The fourth-order valence-corrected chi connectivity index (χ4v) is 1.92. The Labute approximate surface area is 87.5 Å². The molecule has 0 aliphatic heterocycles. The average molecular weight is 204 g/mol. The number of amides is 1. The number of nitriles is 1. The van der Waals surface area contributed by atoms with Gasteiger partial charge >= 0.3 is 0 Å². The highest BCUT2D eigenvalue weighted by atomic mass is 16.2. The zero-order chi connectivity index (χ0) is 10.7. The van der Waals surface area contributed by atoms with Crippen molar-refractivity contribution in [3.05, 3.63) is 18.0 Å². The van der Waals surface area contributed by atoms with E-state index in [-0.39, 0.29) is 17.9 Å². The molecule has 2 unspecified atom stereocenters. The van der Waals surface area contributed by atoms with Crippen LogP contribution in [0.3, 0.4) is 0 Å². The molecule has 1 heterocycles. The first-order chi connectivity index (χ1) is 7.31. The molecule has 0 radical (unpaired) electrons. The van der Waals surface area contributed by atoms with E-state index in [1.807, 2.05) is 0 Å². The lowest BCUT2D eigenvalue weighted by molar-refractivity contribution is 0.0928. The van der Waals surface area contributed by atoms with Gasteiger partial charge in [0.25, 0.3) is 5.91 Å². The van der Waals surface area contributed by atoms with Crippen LogP contribution in [0.2, 0.25) is 0 Å². The van der Waals surface area contributed by atoms with Gasteiger partial charge in [0.15, 0.2) is 0 Å². The van der Waals surface area contributed by atoms with Gasteiger partial charge in [-0.15, -0.1) is 0 Å². The Morgan fingerprint density at radius 1 is 1.67 bits per heavy atom. The second kappa shape index (κ2) is 4.13. The number of carbonyl (C=O) groups excluding carboxylic acids is 1. The summed E-state index contributed by atoms with van der Waals surface area (Å²) in [4.78, 5) is 11.6. The van der Waals surface area contributed by atoms with Crippen LogP contribution in [0.5, 0.6) is 0 Å². The predicted octanol–water partition coefficient (Wildman–Crippen LogP) is 0.832. The standard InChI is InChI=1S/C10H12N4O/c11-6-7-2-1-3-8(7)13-10(15)9-4-5-12-14-9/h4-5,7-8H,1-3H2,(H,12,14)(H,13,15). The molecule has 5 nitrogen and oxygen atoms in total. The highest BCUT2D eigenvalue weighted by Gasteiger charge is 2.28. The van der Waals surface area contributed by atoms with E-state index in [1.165, 1.54) is 6.20 Å². The summed E-state index contributed by atoms with van der Waals surface area (Å²) in [7, 11) is 0. The summed E-state index contributed by atoms with van der Waals surface area (Å²) >= 11 is 0. The van der Waals surface area contributed by atoms with Gasteiger partial charge in [0.2, 0.25) is 0 Å². The highest BCUT2D eigenvalue weighted by molar-refractivity contribution is 5.92. The van der Waals surface area contributed by atoms with Gasteiger partial charge in [-0.25, -0.2) is 0 Å². The maximum atomic E-state index is 11.6. The fourth-order valence-electron chi connectivity index (χ4n) is 1.92. The second-order valence-corrected chi connectivity index (χ2v) is 3.72. The van der Waals surface area contributed by atoms with Crippen LogP contribution in [0.25, 0.3) is 0 Å². The van der Waals surface area contributed by atoms with Gasteiger partial charge in [0, 0.05) is 12.2 Å². The number of nitrogens with one attached hydrogen (secondary N) is 2. The average Bonchev–Trinajstić information content (AvgIpc) is 2.87. The van der Waals surface area contributed by atoms with Crippen molar-refractivity contribution in [1.29, 1.82) is 5.26 Å². The monoisotopic (exact) mass is 204 g/mol. The van der Waals surface area contributed by atoms with E-state index in [4.69, 9.17) is 5.26 Å². The van der Waals surface area contributed by atoms with Crippen LogP contribution in [0.4, 0.5) is 0 Å². The van der Waals surface area contributed by atoms with Crippen molar-refractivity contribution < 1.29 is 4.79 Å². The molecule has 0 spiro atoms. The number of carbonyl (C=O) groups is 1. The van der Waals surface area contributed by atoms with E-state index in [9.17, 15) is 4.79 Å². The van der Waals surface area contributed by atoms with Gasteiger partial charge < -0.3 is 5.32 Å². The lowest BCUT2D eigenvalue weighted by Crippen LogP contribution is -2.37. The lowest BCUT2D eigenvalue weighted by Gasteiger charge is -2.14. The van der Waals surface area contributed by atoms with Crippen molar-refractivity contribution >= 4 is 5.91 Å². The Morgan fingerprint density at radius 2 is 2.53 bits per heavy atom. The third-order valence-electron chi connectivity index (χ3n) is 2.74. The third kappa shape index (κ3) is 1.99. The van der Waals surface area contributed by atoms with Crippen LogP contribution < -0.4 is 5.32 Å². The molecule has 1 aliphatic carbocycles. The molecular formula is C10H12N4O. The molecule has 2 N–H and O–H groups in total. The maximum Gasteiger partial charge on any atom is 0.269 e. The fraction of sp³-hybridized carbons (Fsp3) is 0.500. The van der Waals surface area contributed by atoms with Crippen LogP contribution in [0.1, 0.15) is 29.8 Å².